The quantitative estimate of drug-likeness (QED) is 0.623. The van der Waals surface area contributed by atoms with Gasteiger partial charge in [0.1, 0.15) is 0 Å². The smallest absolute Gasteiger partial charge is 0.00458 e. The second-order valence-electron chi connectivity index (χ2n) is 4.30. The number of nitrogens with zero attached hydrogens (tertiary/aromatic N) is 1. The average molecular weight is 201 g/mol. The van der Waals surface area contributed by atoms with Crippen molar-refractivity contribution >= 4 is 11.8 Å². The molecule has 0 N–H and O–H groups in total. The maximum Gasteiger partial charge on any atom is 0.00458 e. The van der Waals surface area contributed by atoms with Crippen molar-refractivity contribution in [2.75, 3.05) is 31.6 Å². The molecule has 0 spiro atoms. The zero-order valence-corrected chi connectivity index (χ0v) is 10.1. The Morgan fingerprint density at radius 2 is 2.00 bits per heavy atom. The van der Waals surface area contributed by atoms with Crippen LogP contribution < -0.4 is 0 Å². The molecule has 1 rings (SSSR count). The minimum atomic E-state index is 0.713. The fourth-order valence-corrected chi connectivity index (χ4v) is 2.96. The van der Waals surface area contributed by atoms with Crippen molar-refractivity contribution in [3.05, 3.63) is 0 Å². The number of thioether (sulfide) groups is 1. The lowest BCUT2D eigenvalue weighted by atomic mass is 10.1. The number of hydrogen-bond acceptors (Lipinski definition) is 2. The van der Waals surface area contributed by atoms with Gasteiger partial charge in [-0.3, -0.25) is 0 Å². The van der Waals surface area contributed by atoms with Gasteiger partial charge >= 0.3 is 0 Å². The predicted octanol–water partition coefficient (Wildman–Crippen LogP) is 2.86. The third kappa shape index (κ3) is 3.51. The molecular formula is C11H23NS. The Morgan fingerprint density at radius 3 is 2.38 bits per heavy atom. The van der Waals surface area contributed by atoms with Crippen LogP contribution >= 0.6 is 11.8 Å². The minimum absolute atomic E-state index is 0.713. The Morgan fingerprint density at radius 1 is 1.31 bits per heavy atom. The second kappa shape index (κ2) is 5.26. The first-order valence-electron chi connectivity index (χ1n) is 5.47. The topological polar surface area (TPSA) is 3.24 Å². The van der Waals surface area contributed by atoms with Gasteiger partial charge in [0.25, 0.3) is 0 Å². The molecule has 13 heavy (non-hydrogen) atoms. The summed E-state index contributed by atoms with van der Waals surface area (Å²) in [7, 11) is 0. The molecule has 1 nitrogen and oxygen atoms in total. The summed E-state index contributed by atoms with van der Waals surface area (Å²) >= 11 is 2.01. The van der Waals surface area contributed by atoms with Crippen LogP contribution in [-0.2, 0) is 0 Å². The third-order valence-electron chi connectivity index (χ3n) is 2.95. The van der Waals surface area contributed by atoms with Gasteiger partial charge in [-0.25, -0.2) is 0 Å². The third-order valence-corrected chi connectivity index (χ3v) is 3.85. The zero-order chi connectivity index (χ0) is 9.73. The van der Waals surface area contributed by atoms with Crippen LogP contribution in [0.2, 0.25) is 0 Å². The van der Waals surface area contributed by atoms with Crippen LogP contribution in [-0.4, -0.2) is 36.5 Å². The van der Waals surface area contributed by atoms with E-state index in [-0.39, 0.29) is 0 Å². The molecule has 0 bridgehead atoms. The fraction of sp³-hybridized carbons (Fsp3) is 1.00. The lowest BCUT2D eigenvalue weighted by Gasteiger charge is -2.25. The van der Waals surface area contributed by atoms with E-state index in [1.807, 2.05) is 11.8 Å². The second-order valence-corrected chi connectivity index (χ2v) is 5.17. The van der Waals surface area contributed by atoms with Crippen molar-refractivity contribution in [3.8, 4) is 0 Å². The van der Waals surface area contributed by atoms with Gasteiger partial charge < -0.3 is 4.90 Å². The fourth-order valence-electron chi connectivity index (χ4n) is 1.97. The van der Waals surface area contributed by atoms with E-state index in [1.165, 1.54) is 44.6 Å². The van der Waals surface area contributed by atoms with Crippen LogP contribution in [0.15, 0.2) is 0 Å². The molecule has 1 aliphatic carbocycles. The summed E-state index contributed by atoms with van der Waals surface area (Å²) in [6.07, 6.45) is 6.46. The van der Waals surface area contributed by atoms with Gasteiger partial charge in [0.2, 0.25) is 0 Å². The minimum Gasteiger partial charge on any atom is -0.303 e. The van der Waals surface area contributed by atoms with Crippen LogP contribution in [0.1, 0.15) is 33.1 Å². The molecule has 2 heteroatoms. The summed E-state index contributed by atoms with van der Waals surface area (Å²) in [5.41, 5.74) is 0.713. The van der Waals surface area contributed by atoms with Gasteiger partial charge in [-0.1, -0.05) is 13.8 Å². The highest BCUT2D eigenvalue weighted by atomic mass is 32.2. The lowest BCUT2D eigenvalue weighted by molar-refractivity contribution is 0.241. The molecule has 0 aliphatic heterocycles. The van der Waals surface area contributed by atoms with E-state index in [9.17, 15) is 0 Å². The van der Waals surface area contributed by atoms with Crippen molar-refractivity contribution in [3.63, 3.8) is 0 Å². The number of hydrogen-bond donors (Lipinski definition) is 0. The largest absolute Gasteiger partial charge is 0.303 e. The van der Waals surface area contributed by atoms with Gasteiger partial charge in [-0.2, -0.15) is 11.8 Å². The van der Waals surface area contributed by atoms with E-state index in [4.69, 9.17) is 0 Å². The normalized spacial score (nSPS) is 19.4. The summed E-state index contributed by atoms with van der Waals surface area (Å²) < 4.78 is 0. The highest BCUT2D eigenvalue weighted by Crippen LogP contribution is 2.48. The SMILES string of the molecule is CCCN(CC)CC1(CSC)CC1. The molecule has 0 aromatic rings. The van der Waals surface area contributed by atoms with Crippen molar-refractivity contribution in [2.45, 2.75) is 33.1 Å². The van der Waals surface area contributed by atoms with Gasteiger partial charge in [-0.15, -0.1) is 0 Å². The molecule has 0 aromatic carbocycles. The van der Waals surface area contributed by atoms with E-state index >= 15 is 0 Å². The number of rotatable bonds is 7. The first kappa shape index (κ1) is 11.4. The molecule has 1 saturated carbocycles. The highest BCUT2D eigenvalue weighted by Gasteiger charge is 2.42. The van der Waals surface area contributed by atoms with Gasteiger partial charge in [-0.05, 0) is 49.8 Å². The van der Waals surface area contributed by atoms with Crippen LogP contribution in [0.3, 0.4) is 0 Å². The molecule has 0 amide bonds. The lowest BCUT2D eigenvalue weighted by Crippen LogP contribution is -2.32. The first-order chi connectivity index (χ1) is 6.26. The van der Waals surface area contributed by atoms with Crippen molar-refractivity contribution in [1.82, 2.24) is 4.90 Å². The molecule has 0 atom stereocenters. The predicted molar refractivity (Wildman–Crippen MR) is 62.5 cm³/mol. The van der Waals surface area contributed by atoms with E-state index in [0.29, 0.717) is 5.41 Å². The Bertz CT molecular complexity index is 143. The van der Waals surface area contributed by atoms with Crippen LogP contribution in [0, 0.1) is 5.41 Å². The van der Waals surface area contributed by atoms with Gasteiger partial charge in [0, 0.05) is 6.54 Å². The summed E-state index contributed by atoms with van der Waals surface area (Å²) in [5.74, 6) is 1.37. The van der Waals surface area contributed by atoms with E-state index < -0.39 is 0 Å². The van der Waals surface area contributed by atoms with Crippen molar-refractivity contribution in [2.24, 2.45) is 5.41 Å². The monoisotopic (exact) mass is 201 g/mol. The van der Waals surface area contributed by atoms with E-state index in [1.54, 1.807) is 0 Å². The van der Waals surface area contributed by atoms with Crippen LogP contribution in [0.5, 0.6) is 0 Å². The molecule has 0 unspecified atom stereocenters. The maximum absolute atomic E-state index is 2.61. The van der Waals surface area contributed by atoms with Gasteiger partial charge in [0.05, 0.1) is 0 Å². The van der Waals surface area contributed by atoms with E-state index in [2.05, 4.69) is 25.0 Å². The summed E-state index contributed by atoms with van der Waals surface area (Å²) in [5, 5.41) is 0. The summed E-state index contributed by atoms with van der Waals surface area (Å²) in [4.78, 5) is 2.61. The Kier molecular flexibility index (Phi) is 4.60. The van der Waals surface area contributed by atoms with Crippen molar-refractivity contribution in [1.29, 1.82) is 0 Å². The molecule has 0 radical (unpaired) electrons. The molecule has 0 heterocycles. The molecule has 0 saturated heterocycles. The van der Waals surface area contributed by atoms with Crippen LogP contribution in [0.4, 0.5) is 0 Å². The molecule has 0 aromatic heterocycles. The highest BCUT2D eigenvalue weighted by molar-refractivity contribution is 7.98. The van der Waals surface area contributed by atoms with Crippen molar-refractivity contribution < 1.29 is 0 Å². The Labute approximate surface area is 87.3 Å². The average Bonchev–Trinajstić information content (AvgIpc) is 2.85. The Hall–Kier alpha value is 0.310. The van der Waals surface area contributed by atoms with Crippen LogP contribution in [0.25, 0.3) is 0 Å². The summed E-state index contributed by atoms with van der Waals surface area (Å²) in [6.45, 7) is 8.41. The molecule has 78 valence electrons. The maximum atomic E-state index is 2.61. The summed E-state index contributed by atoms with van der Waals surface area (Å²) in [6, 6.07) is 0. The van der Waals surface area contributed by atoms with Gasteiger partial charge in [0.15, 0.2) is 0 Å². The van der Waals surface area contributed by atoms with E-state index in [0.717, 1.165) is 0 Å². The standard InChI is InChI=1S/C11H23NS/c1-4-8-12(5-2)9-11(6-7-11)10-13-3/h4-10H2,1-3H3. The first-order valence-corrected chi connectivity index (χ1v) is 6.87. The zero-order valence-electron chi connectivity index (χ0n) is 9.31. The molecule has 1 fully saturated rings. The molecular weight excluding hydrogens is 178 g/mol. The molecule has 1 aliphatic rings. The Balaban J connectivity index is 2.27.